The number of esters is 1. The number of alkyl halides is 3. The van der Waals surface area contributed by atoms with Crippen LogP contribution in [0.3, 0.4) is 0 Å². The standard InChI is InChI=1S/C30H33ClF3N5O6S/c31-24-15-25-23(26(28(41)37-25)45-29(42)30(32,33)34)14-22(24)27(40)36-19-12-20-6-7-21(13-19)39(20)46(43,44)38-10-8-18(9-11-38)35-16-17-4-2-1-3-5-17/h1-5,14-15,18-21,26,35H,6-13,16H2,(H,36,40)(H,37,41)/t19-,20+,21-,26?. The lowest BCUT2D eigenvalue weighted by Crippen LogP contribution is -2.57. The van der Waals surface area contributed by atoms with Gasteiger partial charge in [0.1, 0.15) is 0 Å². The van der Waals surface area contributed by atoms with E-state index in [1.165, 1.54) is 11.6 Å². The molecule has 6 rings (SSSR count). The summed E-state index contributed by atoms with van der Waals surface area (Å²) in [6.45, 7) is 1.55. The van der Waals surface area contributed by atoms with E-state index in [9.17, 15) is 36.0 Å². The molecule has 0 aromatic heterocycles. The molecule has 248 valence electrons. The van der Waals surface area contributed by atoms with Crippen LogP contribution in [0.15, 0.2) is 42.5 Å². The molecular weight excluding hydrogens is 651 g/mol. The van der Waals surface area contributed by atoms with Gasteiger partial charge in [-0.05, 0) is 56.2 Å². The Labute approximate surface area is 268 Å². The largest absolute Gasteiger partial charge is 0.490 e. The van der Waals surface area contributed by atoms with Crippen molar-refractivity contribution >= 4 is 45.3 Å². The molecule has 3 saturated heterocycles. The molecule has 2 aromatic rings. The highest BCUT2D eigenvalue weighted by Gasteiger charge is 2.50. The van der Waals surface area contributed by atoms with Gasteiger partial charge in [0.2, 0.25) is 6.10 Å². The van der Waals surface area contributed by atoms with Crippen LogP contribution in [0, 0.1) is 0 Å². The van der Waals surface area contributed by atoms with Crippen molar-refractivity contribution in [3.63, 3.8) is 0 Å². The third-order valence-electron chi connectivity index (χ3n) is 9.10. The summed E-state index contributed by atoms with van der Waals surface area (Å²) in [5, 5.41) is 8.64. The van der Waals surface area contributed by atoms with Crippen molar-refractivity contribution < 1.29 is 40.7 Å². The van der Waals surface area contributed by atoms with Crippen LogP contribution in [0.25, 0.3) is 0 Å². The highest BCUT2D eigenvalue weighted by atomic mass is 35.5. The van der Waals surface area contributed by atoms with Crippen LogP contribution in [0.4, 0.5) is 18.9 Å². The smallest absolute Gasteiger partial charge is 0.441 e. The number of anilines is 1. The number of hydrogen-bond acceptors (Lipinski definition) is 7. The van der Waals surface area contributed by atoms with Crippen LogP contribution in [-0.4, -0.2) is 78.2 Å². The molecule has 16 heteroatoms. The summed E-state index contributed by atoms with van der Waals surface area (Å²) in [7, 11) is -3.72. The second-order valence-corrected chi connectivity index (χ2v) is 14.3. The molecule has 46 heavy (non-hydrogen) atoms. The number of benzene rings is 2. The fourth-order valence-corrected chi connectivity index (χ4v) is 9.22. The summed E-state index contributed by atoms with van der Waals surface area (Å²) in [6, 6.07) is 11.6. The minimum absolute atomic E-state index is 0.0269. The molecule has 2 bridgehead atoms. The van der Waals surface area contributed by atoms with Crippen molar-refractivity contribution in [1.82, 2.24) is 19.2 Å². The third-order valence-corrected chi connectivity index (χ3v) is 11.6. The molecule has 0 radical (unpaired) electrons. The molecular formula is C30H33ClF3N5O6S. The van der Waals surface area contributed by atoms with Crippen molar-refractivity contribution in [1.29, 1.82) is 0 Å². The minimum atomic E-state index is -5.31. The Hall–Kier alpha value is -3.24. The zero-order valence-corrected chi connectivity index (χ0v) is 26.1. The minimum Gasteiger partial charge on any atom is -0.441 e. The summed E-state index contributed by atoms with van der Waals surface area (Å²) in [6.07, 6.45) is -3.74. The molecule has 0 spiro atoms. The van der Waals surface area contributed by atoms with Crippen LogP contribution < -0.4 is 16.0 Å². The highest BCUT2D eigenvalue weighted by molar-refractivity contribution is 7.86. The van der Waals surface area contributed by atoms with Gasteiger partial charge in [0.05, 0.1) is 10.6 Å². The number of carbonyl (C=O) groups is 3. The Morgan fingerprint density at radius 2 is 1.65 bits per heavy atom. The number of amides is 2. The van der Waals surface area contributed by atoms with E-state index in [-0.39, 0.29) is 46.0 Å². The average molecular weight is 684 g/mol. The average Bonchev–Trinajstić information content (AvgIpc) is 3.47. The predicted molar refractivity (Wildman–Crippen MR) is 161 cm³/mol. The first-order chi connectivity index (χ1) is 21.8. The SMILES string of the molecule is O=C(N[C@H]1C[C@H]2CC[C@@H](C1)N2S(=O)(=O)N1CCC(NCc2ccccc2)CC1)c1cc2c(cc1Cl)NC(=O)C2OC(=O)C(F)(F)F. The normalized spacial score (nSPS) is 25.6. The Bertz CT molecular complexity index is 1610. The number of nitrogens with one attached hydrogen (secondary N) is 3. The van der Waals surface area contributed by atoms with E-state index in [0.717, 1.165) is 12.6 Å². The summed E-state index contributed by atoms with van der Waals surface area (Å²) in [4.78, 5) is 36.9. The molecule has 4 aliphatic heterocycles. The molecule has 4 heterocycles. The maximum Gasteiger partial charge on any atom is 0.490 e. The maximum atomic E-state index is 13.8. The zero-order valence-electron chi connectivity index (χ0n) is 24.6. The Morgan fingerprint density at radius 1 is 1.00 bits per heavy atom. The van der Waals surface area contributed by atoms with Crippen LogP contribution >= 0.6 is 11.6 Å². The van der Waals surface area contributed by atoms with Gasteiger partial charge in [-0.15, -0.1) is 0 Å². The molecule has 2 amide bonds. The molecule has 3 fully saturated rings. The van der Waals surface area contributed by atoms with Gasteiger partial charge < -0.3 is 20.7 Å². The highest BCUT2D eigenvalue weighted by Crippen LogP contribution is 2.41. The number of rotatable bonds is 8. The van der Waals surface area contributed by atoms with Crippen LogP contribution in [0.1, 0.15) is 66.1 Å². The number of ether oxygens (including phenoxy) is 1. The van der Waals surface area contributed by atoms with E-state index in [2.05, 4.69) is 20.7 Å². The van der Waals surface area contributed by atoms with Gasteiger partial charge in [0, 0.05) is 55.1 Å². The molecule has 0 saturated carbocycles. The van der Waals surface area contributed by atoms with E-state index >= 15 is 0 Å². The second kappa shape index (κ2) is 12.8. The monoisotopic (exact) mass is 683 g/mol. The lowest BCUT2D eigenvalue weighted by molar-refractivity contribution is -0.205. The van der Waals surface area contributed by atoms with E-state index in [0.29, 0.717) is 51.6 Å². The summed E-state index contributed by atoms with van der Waals surface area (Å²) in [5.74, 6) is -4.18. The summed E-state index contributed by atoms with van der Waals surface area (Å²) in [5.41, 5.74) is 0.956. The van der Waals surface area contributed by atoms with Gasteiger partial charge in [-0.25, -0.2) is 4.79 Å². The van der Waals surface area contributed by atoms with Crippen molar-refractivity contribution in [2.45, 2.75) is 81.5 Å². The van der Waals surface area contributed by atoms with Crippen molar-refractivity contribution in [2.75, 3.05) is 18.4 Å². The molecule has 1 unspecified atom stereocenters. The van der Waals surface area contributed by atoms with Gasteiger partial charge >= 0.3 is 12.1 Å². The Kier molecular flexibility index (Phi) is 9.06. The molecule has 3 N–H and O–H groups in total. The van der Waals surface area contributed by atoms with Gasteiger partial charge in [0.25, 0.3) is 22.0 Å². The topological polar surface area (TPSA) is 137 Å². The first kappa shape index (κ1) is 32.7. The number of piperidine rings is 2. The van der Waals surface area contributed by atoms with Crippen molar-refractivity contribution in [3.05, 3.63) is 64.2 Å². The fourth-order valence-electron chi connectivity index (χ4n) is 6.89. The molecule has 4 aliphatic rings. The molecule has 4 atom stereocenters. The van der Waals surface area contributed by atoms with Crippen LogP contribution in [-0.2, 0) is 31.1 Å². The fraction of sp³-hybridized carbons (Fsp3) is 0.500. The van der Waals surface area contributed by atoms with E-state index in [1.54, 1.807) is 8.61 Å². The summed E-state index contributed by atoms with van der Waals surface area (Å²) < 4.78 is 73.4. The Balaban J connectivity index is 1.07. The third kappa shape index (κ3) is 6.61. The lowest BCUT2D eigenvalue weighted by Gasteiger charge is -2.42. The Morgan fingerprint density at radius 3 is 2.28 bits per heavy atom. The number of carbonyl (C=O) groups excluding carboxylic acids is 3. The molecule has 11 nitrogen and oxygen atoms in total. The number of fused-ring (bicyclic) bond motifs is 3. The van der Waals surface area contributed by atoms with Gasteiger partial charge in [-0.3, -0.25) is 9.59 Å². The van der Waals surface area contributed by atoms with Gasteiger partial charge in [-0.1, -0.05) is 41.9 Å². The van der Waals surface area contributed by atoms with Crippen LogP contribution in [0.2, 0.25) is 5.02 Å². The van der Waals surface area contributed by atoms with Gasteiger partial charge in [-0.2, -0.15) is 30.2 Å². The number of hydrogen-bond donors (Lipinski definition) is 3. The predicted octanol–water partition coefficient (Wildman–Crippen LogP) is 3.66. The van der Waals surface area contributed by atoms with Crippen molar-refractivity contribution in [2.24, 2.45) is 0 Å². The van der Waals surface area contributed by atoms with E-state index < -0.39 is 40.3 Å². The quantitative estimate of drug-likeness (QED) is 0.361. The maximum absolute atomic E-state index is 13.8. The second-order valence-electron chi connectivity index (χ2n) is 12.1. The molecule has 2 aromatic carbocycles. The van der Waals surface area contributed by atoms with Crippen LogP contribution in [0.5, 0.6) is 0 Å². The number of halogens is 4. The van der Waals surface area contributed by atoms with Crippen molar-refractivity contribution in [3.8, 4) is 0 Å². The van der Waals surface area contributed by atoms with E-state index in [4.69, 9.17) is 11.6 Å². The first-order valence-electron chi connectivity index (χ1n) is 15.1. The number of nitrogens with zero attached hydrogens (tertiary/aromatic N) is 2. The molecule has 0 aliphatic carbocycles. The first-order valence-corrected chi connectivity index (χ1v) is 16.9. The lowest BCUT2D eigenvalue weighted by atomic mass is 9.99. The summed E-state index contributed by atoms with van der Waals surface area (Å²) >= 11 is 6.30. The van der Waals surface area contributed by atoms with E-state index in [1.807, 2.05) is 30.3 Å². The van der Waals surface area contributed by atoms with Gasteiger partial charge in [0.15, 0.2) is 0 Å². The zero-order chi connectivity index (χ0) is 32.8.